The SMILES string of the molecule is CCSc1cn([C@@H]2C[C@@H](O)[C@H](CO)O2)c(=O)[nH]c1=O. The Labute approximate surface area is 113 Å². The summed E-state index contributed by atoms with van der Waals surface area (Å²) < 4.78 is 6.64. The zero-order valence-corrected chi connectivity index (χ0v) is 11.2. The number of aromatic amines is 1. The van der Waals surface area contributed by atoms with Gasteiger partial charge in [-0.1, -0.05) is 6.92 Å². The quantitative estimate of drug-likeness (QED) is 0.632. The van der Waals surface area contributed by atoms with Gasteiger partial charge in [0.25, 0.3) is 5.56 Å². The average molecular weight is 288 g/mol. The fourth-order valence-corrected chi connectivity index (χ4v) is 2.67. The van der Waals surface area contributed by atoms with Gasteiger partial charge < -0.3 is 14.9 Å². The molecule has 106 valence electrons. The van der Waals surface area contributed by atoms with Crippen LogP contribution in [0.2, 0.25) is 0 Å². The number of rotatable bonds is 4. The van der Waals surface area contributed by atoms with E-state index in [1.165, 1.54) is 22.5 Å². The minimum atomic E-state index is -0.823. The first kappa shape index (κ1) is 14.3. The molecule has 1 saturated heterocycles. The molecule has 7 nitrogen and oxygen atoms in total. The lowest BCUT2D eigenvalue weighted by Gasteiger charge is -2.15. The summed E-state index contributed by atoms with van der Waals surface area (Å²) in [4.78, 5) is 26.0. The summed E-state index contributed by atoms with van der Waals surface area (Å²) in [6, 6.07) is 0. The van der Waals surface area contributed by atoms with Gasteiger partial charge >= 0.3 is 5.69 Å². The van der Waals surface area contributed by atoms with Crippen molar-refractivity contribution in [3.63, 3.8) is 0 Å². The zero-order valence-electron chi connectivity index (χ0n) is 10.4. The lowest BCUT2D eigenvalue weighted by atomic mass is 10.2. The van der Waals surface area contributed by atoms with Crippen molar-refractivity contribution in [2.24, 2.45) is 0 Å². The standard InChI is InChI=1S/C11H16N2O5S/c1-2-19-8-4-13(11(17)12-10(8)16)9-3-6(15)7(5-14)18-9/h4,6-7,9,14-15H,2-3,5H2,1H3,(H,12,16,17)/t6-,7+,9+/m1/s1. The molecule has 1 aromatic rings. The van der Waals surface area contributed by atoms with Crippen LogP contribution in [0.25, 0.3) is 0 Å². The van der Waals surface area contributed by atoms with E-state index < -0.39 is 29.7 Å². The van der Waals surface area contributed by atoms with Gasteiger partial charge in [-0.2, -0.15) is 0 Å². The number of ether oxygens (including phenoxy) is 1. The van der Waals surface area contributed by atoms with Gasteiger partial charge in [-0.05, 0) is 5.75 Å². The predicted octanol–water partition coefficient (Wildman–Crippen LogP) is -0.711. The number of thioether (sulfide) groups is 1. The highest BCUT2D eigenvalue weighted by molar-refractivity contribution is 7.99. The van der Waals surface area contributed by atoms with Crippen molar-refractivity contribution in [3.05, 3.63) is 27.0 Å². The molecule has 0 bridgehead atoms. The maximum Gasteiger partial charge on any atom is 0.330 e. The Bertz CT molecular complexity index is 555. The van der Waals surface area contributed by atoms with E-state index in [1.54, 1.807) is 0 Å². The second-order valence-electron chi connectivity index (χ2n) is 4.21. The molecule has 3 N–H and O–H groups in total. The van der Waals surface area contributed by atoms with Crippen LogP contribution in [-0.4, -0.2) is 44.3 Å². The van der Waals surface area contributed by atoms with E-state index in [4.69, 9.17) is 9.84 Å². The predicted molar refractivity (Wildman–Crippen MR) is 69.3 cm³/mol. The van der Waals surface area contributed by atoms with Crippen molar-refractivity contribution in [2.45, 2.75) is 36.7 Å². The van der Waals surface area contributed by atoms with Crippen LogP contribution < -0.4 is 11.2 Å². The maximum absolute atomic E-state index is 11.8. The Morgan fingerprint density at radius 2 is 2.32 bits per heavy atom. The topological polar surface area (TPSA) is 105 Å². The van der Waals surface area contributed by atoms with Gasteiger partial charge in [0.15, 0.2) is 0 Å². The normalized spacial score (nSPS) is 26.8. The Kier molecular flexibility index (Phi) is 4.46. The van der Waals surface area contributed by atoms with E-state index >= 15 is 0 Å². The van der Waals surface area contributed by atoms with E-state index in [1.807, 2.05) is 6.92 Å². The number of aliphatic hydroxyl groups excluding tert-OH is 2. The van der Waals surface area contributed by atoms with Gasteiger partial charge in [-0.25, -0.2) is 4.79 Å². The molecule has 0 amide bonds. The molecule has 19 heavy (non-hydrogen) atoms. The van der Waals surface area contributed by atoms with Crippen LogP contribution >= 0.6 is 11.8 Å². The molecule has 3 atom stereocenters. The highest BCUT2D eigenvalue weighted by Crippen LogP contribution is 2.27. The van der Waals surface area contributed by atoms with Crippen LogP contribution in [0.15, 0.2) is 20.7 Å². The monoisotopic (exact) mass is 288 g/mol. The zero-order chi connectivity index (χ0) is 14.0. The van der Waals surface area contributed by atoms with E-state index in [0.717, 1.165) is 0 Å². The van der Waals surface area contributed by atoms with Gasteiger partial charge in [-0.3, -0.25) is 14.3 Å². The Morgan fingerprint density at radius 3 is 2.89 bits per heavy atom. The smallest absolute Gasteiger partial charge is 0.330 e. The van der Waals surface area contributed by atoms with Gasteiger partial charge in [0.1, 0.15) is 12.3 Å². The molecule has 1 fully saturated rings. The number of hydrogen-bond donors (Lipinski definition) is 3. The molecule has 0 aliphatic carbocycles. The van der Waals surface area contributed by atoms with Gasteiger partial charge in [0, 0.05) is 12.6 Å². The Balaban J connectivity index is 2.33. The summed E-state index contributed by atoms with van der Waals surface area (Å²) in [6.45, 7) is 1.59. The maximum atomic E-state index is 11.8. The fraction of sp³-hybridized carbons (Fsp3) is 0.636. The molecule has 1 aromatic heterocycles. The van der Waals surface area contributed by atoms with Crippen molar-refractivity contribution >= 4 is 11.8 Å². The van der Waals surface area contributed by atoms with Crippen LogP contribution in [0, 0.1) is 0 Å². The summed E-state index contributed by atoms with van der Waals surface area (Å²) >= 11 is 1.32. The number of hydrogen-bond acceptors (Lipinski definition) is 6. The minimum Gasteiger partial charge on any atom is -0.394 e. The van der Waals surface area contributed by atoms with Crippen LogP contribution in [-0.2, 0) is 4.74 Å². The molecule has 2 rings (SSSR count). The Morgan fingerprint density at radius 1 is 1.58 bits per heavy atom. The average Bonchev–Trinajstić information content (AvgIpc) is 2.74. The van der Waals surface area contributed by atoms with Crippen LogP contribution in [0.5, 0.6) is 0 Å². The molecule has 0 radical (unpaired) electrons. The van der Waals surface area contributed by atoms with Crippen molar-refractivity contribution in [1.29, 1.82) is 0 Å². The summed E-state index contributed by atoms with van der Waals surface area (Å²) in [5.41, 5.74) is -1.01. The third-order valence-corrected chi connectivity index (χ3v) is 3.82. The summed E-state index contributed by atoms with van der Waals surface area (Å²) in [7, 11) is 0. The largest absolute Gasteiger partial charge is 0.394 e. The third kappa shape index (κ3) is 2.92. The van der Waals surface area contributed by atoms with E-state index in [9.17, 15) is 14.7 Å². The van der Waals surface area contributed by atoms with Crippen molar-refractivity contribution in [1.82, 2.24) is 9.55 Å². The molecule has 8 heteroatoms. The van der Waals surface area contributed by atoms with Crippen LogP contribution in [0.4, 0.5) is 0 Å². The van der Waals surface area contributed by atoms with Gasteiger partial charge in [0.05, 0.1) is 17.6 Å². The highest BCUT2D eigenvalue weighted by Gasteiger charge is 2.35. The summed E-state index contributed by atoms with van der Waals surface area (Å²) in [5.74, 6) is 0.703. The first-order valence-corrected chi connectivity index (χ1v) is 6.98. The van der Waals surface area contributed by atoms with Gasteiger partial charge in [0.2, 0.25) is 0 Å². The molecule has 2 heterocycles. The van der Waals surface area contributed by atoms with Crippen molar-refractivity contribution in [2.75, 3.05) is 12.4 Å². The minimum absolute atomic E-state index is 0.202. The molecular formula is C11H16N2O5S. The molecule has 1 aliphatic heterocycles. The fourth-order valence-electron chi connectivity index (χ4n) is 1.99. The van der Waals surface area contributed by atoms with E-state index in [-0.39, 0.29) is 13.0 Å². The lowest BCUT2D eigenvalue weighted by molar-refractivity contribution is -0.0461. The first-order chi connectivity index (χ1) is 9.06. The molecule has 0 aromatic carbocycles. The summed E-state index contributed by atoms with van der Waals surface area (Å²) in [5, 5.41) is 18.7. The van der Waals surface area contributed by atoms with Crippen LogP contribution in [0.1, 0.15) is 19.6 Å². The number of nitrogens with one attached hydrogen (secondary N) is 1. The number of nitrogens with zero attached hydrogens (tertiary/aromatic N) is 1. The van der Waals surface area contributed by atoms with E-state index in [0.29, 0.717) is 10.6 Å². The van der Waals surface area contributed by atoms with Crippen LogP contribution in [0.3, 0.4) is 0 Å². The third-order valence-electron chi connectivity index (χ3n) is 2.93. The number of H-pyrrole nitrogens is 1. The molecular weight excluding hydrogens is 272 g/mol. The van der Waals surface area contributed by atoms with E-state index in [2.05, 4.69) is 4.98 Å². The molecule has 0 saturated carbocycles. The molecule has 0 spiro atoms. The molecule has 1 aliphatic rings. The Hall–Kier alpha value is -1.09. The van der Waals surface area contributed by atoms with Crippen molar-refractivity contribution < 1.29 is 14.9 Å². The second-order valence-corrected chi connectivity index (χ2v) is 5.51. The van der Waals surface area contributed by atoms with Gasteiger partial charge in [-0.15, -0.1) is 11.8 Å². The number of aliphatic hydroxyl groups is 2. The lowest BCUT2D eigenvalue weighted by Crippen LogP contribution is -2.33. The van der Waals surface area contributed by atoms with Crippen molar-refractivity contribution in [3.8, 4) is 0 Å². The second kappa shape index (κ2) is 5.91. The highest BCUT2D eigenvalue weighted by atomic mass is 32.2. The first-order valence-electron chi connectivity index (χ1n) is 5.99. The summed E-state index contributed by atoms with van der Waals surface area (Å²) in [6.07, 6.45) is -0.560. The molecule has 0 unspecified atom stereocenters. The number of aromatic nitrogens is 2.